The second-order valence-electron chi connectivity index (χ2n) is 4.55. The number of aromatic nitrogens is 3. The highest BCUT2D eigenvalue weighted by Gasteiger charge is 2.13. The molecular formula is C15H12ClN3O2. The van der Waals surface area contributed by atoms with Crippen LogP contribution in [0.5, 0.6) is 5.75 Å². The molecule has 0 radical (unpaired) electrons. The normalized spacial score (nSPS) is 10.8. The standard InChI is InChI=1S/C15H12ClN3O2/c1-9-7-13(20)19(11-5-3-4-6-12(11)21-2)14-10(9)8-17-15(16)18-14/h3-8H,1-2H3. The van der Waals surface area contributed by atoms with Crippen LogP contribution in [0.25, 0.3) is 16.7 Å². The van der Waals surface area contributed by atoms with Gasteiger partial charge in [0.05, 0.1) is 12.8 Å². The van der Waals surface area contributed by atoms with Crippen LogP contribution >= 0.6 is 11.6 Å². The van der Waals surface area contributed by atoms with E-state index in [0.717, 1.165) is 10.9 Å². The number of methoxy groups -OCH3 is 1. The van der Waals surface area contributed by atoms with Crippen molar-refractivity contribution in [2.75, 3.05) is 7.11 Å². The number of pyridine rings is 1. The number of ether oxygens (including phenoxy) is 1. The van der Waals surface area contributed by atoms with Gasteiger partial charge in [0.15, 0.2) is 5.65 Å². The first-order valence-corrected chi connectivity index (χ1v) is 6.68. The summed E-state index contributed by atoms with van der Waals surface area (Å²) in [5.41, 5.74) is 1.69. The summed E-state index contributed by atoms with van der Waals surface area (Å²) in [6.45, 7) is 1.84. The van der Waals surface area contributed by atoms with Gasteiger partial charge in [0.1, 0.15) is 5.75 Å². The Labute approximate surface area is 125 Å². The van der Waals surface area contributed by atoms with Gasteiger partial charge in [-0.1, -0.05) is 12.1 Å². The summed E-state index contributed by atoms with van der Waals surface area (Å²) in [6, 6.07) is 8.80. The zero-order valence-electron chi connectivity index (χ0n) is 11.5. The molecule has 0 aliphatic heterocycles. The van der Waals surface area contributed by atoms with Crippen LogP contribution in [0.3, 0.4) is 0 Å². The maximum absolute atomic E-state index is 12.4. The molecule has 21 heavy (non-hydrogen) atoms. The average molecular weight is 302 g/mol. The number of halogens is 1. The average Bonchev–Trinajstić information content (AvgIpc) is 2.47. The first kappa shape index (κ1) is 13.6. The van der Waals surface area contributed by atoms with Gasteiger partial charge in [-0.05, 0) is 36.2 Å². The van der Waals surface area contributed by atoms with E-state index in [9.17, 15) is 4.79 Å². The Morgan fingerprint density at radius 3 is 2.81 bits per heavy atom. The molecule has 0 saturated carbocycles. The van der Waals surface area contributed by atoms with Crippen molar-refractivity contribution in [2.24, 2.45) is 0 Å². The molecule has 0 spiro atoms. The van der Waals surface area contributed by atoms with Crippen LogP contribution in [0.15, 0.2) is 41.3 Å². The summed E-state index contributed by atoms with van der Waals surface area (Å²) < 4.78 is 6.81. The summed E-state index contributed by atoms with van der Waals surface area (Å²) in [7, 11) is 1.56. The third-order valence-electron chi connectivity index (χ3n) is 3.26. The number of para-hydroxylation sites is 2. The minimum Gasteiger partial charge on any atom is -0.495 e. The maximum atomic E-state index is 12.4. The topological polar surface area (TPSA) is 57.0 Å². The largest absolute Gasteiger partial charge is 0.495 e. The Hall–Kier alpha value is -2.40. The van der Waals surface area contributed by atoms with E-state index in [1.807, 2.05) is 19.1 Å². The first-order chi connectivity index (χ1) is 10.1. The van der Waals surface area contributed by atoms with Crippen LogP contribution in [0.2, 0.25) is 5.28 Å². The fraction of sp³-hybridized carbons (Fsp3) is 0.133. The van der Waals surface area contributed by atoms with Crippen molar-refractivity contribution in [3.63, 3.8) is 0 Å². The van der Waals surface area contributed by atoms with E-state index < -0.39 is 0 Å². The molecule has 0 saturated heterocycles. The third-order valence-corrected chi connectivity index (χ3v) is 3.44. The van der Waals surface area contributed by atoms with Crippen molar-refractivity contribution in [3.8, 4) is 11.4 Å². The lowest BCUT2D eigenvalue weighted by molar-refractivity contribution is 0.413. The van der Waals surface area contributed by atoms with E-state index >= 15 is 0 Å². The van der Waals surface area contributed by atoms with Gasteiger partial charge >= 0.3 is 0 Å². The van der Waals surface area contributed by atoms with Crippen molar-refractivity contribution in [1.82, 2.24) is 14.5 Å². The molecule has 1 aromatic carbocycles. The van der Waals surface area contributed by atoms with E-state index in [-0.39, 0.29) is 10.8 Å². The molecule has 2 aromatic heterocycles. The van der Waals surface area contributed by atoms with Gasteiger partial charge in [0, 0.05) is 17.6 Å². The molecule has 0 N–H and O–H groups in total. The van der Waals surface area contributed by atoms with Crippen molar-refractivity contribution in [2.45, 2.75) is 6.92 Å². The fourth-order valence-electron chi connectivity index (χ4n) is 2.28. The van der Waals surface area contributed by atoms with E-state index in [1.165, 1.54) is 4.57 Å². The van der Waals surface area contributed by atoms with Gasteiger partial charge in [-0.15, -0.1) is 0 Å². The smallest absolute Gasteiger partial charge is 0.257 e. The molecule has 0 atom stereocenters. The summed E-state index contributed by atoms with van der Waals surface area (Å²) in [6.07, 6.45) is 1.62. The van der Waals surface area contributed by atoms with E-state index in [2.05, 4.69) is 9.97 Å². The molecule has 3 rings (SSSR count). The second-order valence-corrected chi connectivity index (χ2v) is 4.89. The van der Waals surface area contributed by atoms with Gasteiger partial charge < -0.3 is 4.74 Å². The van der Waals surface area contributed by atoms with Gasteiger partial charge in [0.25, 0.3) is 5.56 Å². The molecule has 0 unspecified atom stereocenters. The first-order valence-electron chi connectivity index (χ1n) is 6.30. The Balaban J connectivity index is 2.47. The molecule has 0 amide bonds. The minimum absolute atomic E-state index is 0.0937. The summed E-state index contributed by atoms with van der Waals surface area (Å²) in [5.74, 6) is 0.583. The maximum Gasteiger partial charge on any atom is 0.257 e. The van der Waals surface area contributed by atoms with Gasteiger partial charge in [-0.3, -0.25) is 9.36 Å². The Morgan fingerprint density at radius 1 is 1.29 bits per heavy atom. The number of aryl methyl sites for hydroxylation is 1. The number of hydrogen-bond acceptors (Lipinski definition) is 4. The number of rotatable bonds is 2. The highest BCUT2D eigenvalue weighted by Crippen LogP contribution is 2.25. The molecule has 106 valence electrons. The Morgan fingerprint density at radius 2 is 2.05 bits per heavy atom. The van der Waals surface area contributed by atoms with Crippen LogP contribution in [-0.4, -0.2) is 21.6 Å². The third kappa shape index (κ3) is 2.25. The number of nitrogens with zero attached hydrogens (tertiary/aromatic N) is 3. The van der Waals surface area contributed by atoms with E-state index in [1.54, 1.807) is 31.5 Å². The van der Waals surface area contributed by atoms with Crippen LogP contribution in [0.4, 0.5) is 0 Å². The molecular weight excluding hydrogens is 290 g/mol. The minimum atomic E-state index is -0.195. The summed E-state index contributed by atoms with van der Waals surface area (Å²) in [5, 5.41) is 0.862. The zero-order chi connectivity index (χ0) is 15.0. The molecule has 5 nitrogen and oxygen atoms in total. The van der Waals surface area contributed by atoms with Crippen molar-refractivity contribution in [1.29, 1.82) is 0 Å². The number of benzene rings is 1. The van der Waals surface area contributed by atoms with Crippen LogP contribution in [0.1, 0.15) is 5.56 Å². The fourth-order valence-corrected chi connectivity index (χ4v) is 2.41. The van der Waals surface area contributed by atoms with Crippen molar-refractivity contribution < 1.29 is 4.74 Å². The number of hydrogen-bond donors (Lipinski definition) is 0. The Bertz CT molecular complexity index is 890. The van der Waals surface area contributed by atoms with E-state index in [0.29, 0.717) is 17.1 Å². The van der Waals surface area contributed by atoms with Crippen molar-refractivity contribution in [3.05, 3.63) is 57.7 Å². The SMILES string of the molecule is COc1ccccc1-n1c(=O)cc(C)c2cnc(Cl)nc21. The Kier molecular flexibility index (Phi) is 3.35. The van der Waals surface area contributed by atoms with E-state index in [4.69, 9.17) is 16.3 Å². The molecule has 6 heteroatoms. The lowest BCUT2D eigenvalue weighted by Crippen LogP contribution is -2.20. The highest BCUT2D eigenvalue weighted by molar-refractivity contribution is 6.28. The molecule has 0 bridgehead atoms. The molecule has 2 heterocycles. The highest BCUT2D eigenvalue weighted by atomic mass is 35.5. The monoisotopic (exact) mass is 301 g/mol. The zero-order valence-corrected chi connectivity index (χ0v) is 12.3. The van der Waals surface area contributed by atoms with Crippen LogP contribution < -0.4 is 10.3 Å². The predicted octanol–water partition coefficient (Wildman–Crippen LogP) is 2.75. The van der Waals surface area contributed by atoms with Crippen LogP contribution in [-0.2, 0) is 0 Å². The summed E-state index contributed by atoms with van der Waals surface area (Å²) >= 11 is 5.89. The lowest BCUT2D eigenvalue weighted by atomic mass is 10.2. The second kappa shape index (κ2) is 5.18. The molecule has 0 aliphatic carbocycles. The van der Waals surface area contributed by atoms with Crippen molar-refractivity contribution >= 4 is 22.6 Å². The van der Waals surface area contributed by atoms with Crippen LogP contribution in [0, 0.1) is 6.92 Å². The lowest BCUT2D eigenvalue weighted by Gasteiger charge is -2.13. The van der Waals surface area contributed by atoms with Gasteiger partial charge in [-0.2, -0.15) is 4.98 Å². The summed E-state index contributed by atoms with van der Waals surface area (Å²) in [4.78, 5) is 20.6. The van der Waals surface area contributed by atoms with Gasteiger partial charge in [0.2, 0.25) is 5.28 Å². The molecule has 3 aromatic rings. The quantitative estimate of drug-likeness (QED) is 0.683. The molecule has 0 aliphatic rings. The van der Waals surface area contributed by atoms with Gasteiger partial charge in [-0.25, -0.2) is 4.98 Å². The number of fused-ring (bicyclic) bond motifs is 1. The molecule has 0 fully saturated rings. The predicted molar refractivity (Wildman–Crippen MR) is 81.4 cm³/mol.